The number of likely N-dealkylation sites (tertiary alicyclic amines) is 1. The summed E-state index contributed by atoms with van der Waals surface area (Å²) in [7, 11) is 0. The lowest BCUT2D eigenvalue weighted by atomic mass is 9.98. The molecule has 1 amide bonds. The quantitative estimate of drug-likeness (QED) is 0.806. The highest BCUT2D eigenvalue weighted by Crippen LogP contribution is 2.17. The van der Waals surface area contributed by atoms with Crippen molar-refractivity contribution in [3.05, 3.63) is 30.1 Å². The summed E-state index contributed by atoms with van der Waals surface area (Å²) in [5.74, 6) is 0.352. The van der Waals surface area contributed by atoms with Crippen molar-refractivity contribution in [2.24, 2.45) is 5.92 Å². The number of carbonyl (C=O) groups excluding carboxylic acids is 1. The summed E-state index contributed by atoms with van der Waals surface area (Å²) in [5.41, 5.74) is 0.505. The average Bonchev–Trinajstić information content (AvgIpc) is 2.39. The van der Waals surface area contributed by atoms with Gasteiger partial charge in [0.15, 0.2) is 0 Å². The van der Waals surface area contributed by atoms with E-state index in [2.05, 4.69) is 4.98 Å². The number of aromatic nitrogens is 1. The Morgan fingerprint density at radius 2 is 2.19 bits per heavy atom. The zero-order valence-corrected chi connectivity index (χ0v) is 9.17. The number of nitrogens with zero attached hydrogens (tertiary/aromatic N) is 2. The molecule has 1 saturated heterocycles. The Labute approximate surface area is 94.9 Å². The molecule has 2 rings (SSSR count). The van der Waals surface area contributed by atoms with Crippen LogP contribution < -0.4 is 0 Å². The molecular weight excluding hydrogens is 204 g/mol. The number of aliphatic hydroxyl groups excluding tert-OH is 1. The van der Waals surface area contributed by atoms with Crippen LogP contribution in [0.2, 0.25) is 0 Å². The lowest BCUT2D eigenvalue weighted by Gasteiger charge is -2.30. The summed E-state index contributed by atoms with van der Waals surface area (Å²) in [6, 6.07) is 5.36. The molecule has 1 aliphatic heterocycles. The maximum atomic E-state index is 12.0. The van der Waals surface area contributed by atoms with Crippen LogP contribution >= 0.6 is 0 Å². The van der Waals surface area contributed by atoms with Gasteiger partial charge in [-0.1, -0.05) is 6.07 Å². The molecule has 0 atom stereocenters. The Morgan fingerprint density at radius 1 is 1.44 bits per heavy atom. The molecule has 0 saturated carbocycles. The van der Waals surface area contributed by atoms with E-state index in [1.54, 1.807) is 18.3 Å². The number of rotatable bonds is 2. The van der Waals surface area contributed by atoms with Crippen LogP contribution in [0.5, 0.6) is 0 Å². The zero-order chi connectivity index (χ0) is 11.4. The van der Waals surface area contributed by atoms with E-state index in [4.69, 9.17) is 5.11 Å². The van der Waals surface area contributed by atoms with E-state index in [0.29, 0.717) is 11.6 Å². The molecule has 1 aromatic rings. The first kappa shape index (κ1) is 11.1. The molecular formula is C12H16N2O2. The van der Waals surface area contributed by atoms with Crippen LogP contribution in [0.25, 0.3) is 0 Å². The standard InChI is InChI=1S/C12H16N2O2/c15-9-10-4-7-14(8-5-10)12(16)11-3-1-2-6-13-11/h1-3,6,10,15H,4-5,7-9H2. The number of pyridine rings is 1. The van der Waals surface area contributed by atoms with Crippen molar-refractivity contribution in [3.63, 3.8) is 0 Å². The van der Waals surface area contributed by atoms with Crippen LogP contribution in [0.4, 0.5) is 0 Å². The number of hydrogen-bond donors (Lipinski definition) is 1. The molecule has 4 nitrogen and oxygen atoms in total. The molecule has 1 aliphatic rings. The molecule has 1 aromatic heterocycles. The molecule has 86 valence electrons. The fourth-order valence-corrected chi connectivity index (χ4v) is 1.97. The van der Waals surface area contributed by atoms with E-state index in [1.165, 1.54) is 0 Å². The number of piperidine rings is 1. The summed E-state index contributed by atoms with van der Waals surface area (Å²) >= 11 is 0. The van der Waals surface area contributed by atoms with Gasteiger partial charge in [0.25, 0.3) is 5.91 Å². The SMILES string of the molecule is O=C(c1ccccn1)N1CCC(CO)CC1. The first-order valence-corrected chi connectivity index (χ1v) is 5.62. The van der Waals surface area contributed by atoms with E-state index in [-0.39, 0.29) is 12.5 Å². The topological polar surface area (TPSA) is 53.4 Å². The highest BCUT2D eigenvalue weighted by atomic mass is 16.3. The predicted molar refractivity (Wildman–Crippen MR) is 60.0 cm³/mol. The van der Waals surface area contributed by atoms with Crippen LogP contribution in [0, 0.1) is 5.92 Å². The summed E-state index contributed by atoms with van der Waals surface area (Å²) < 4.78 is 0. The van der Waals surface area contributed by atoms with Gasteiger partial charge >= 0.3 is 0 Å². The molecule has 4 heteroatoms. The molecule has 0 aliphatic carbocycles. The van der Waals surface area contributed by atoms with Crippen molar-refractivity contribution in [2.75, 3.05) is 19.7 Å². The minimum atomic E-state index is -0.00279. The minimum absolute atomic E-state index is 0.00279. The van der Waals surface area contributed by atoms with E-state index in [1.807, 2.05) is 11.0 Å². The highest BCUT2D eigenvalue weighted by Gasteiger charge is 2.23. The molecule has 2 heterocycles. The van der Waals surface area contributed by atoms with Crippen LogP contribution in [-0.4, -0.2) is 40.6 Å². The second-order valence-corrected chi connectivity index (χ2v) is 4.13. The van der Waals surface area contributed by atoms with Gasteiger partial charge in [0.2, 0.25) is 0 Å². The van der Waals surface area contributed by atoms with Gasteiger partial charge in [-0.15, -0.1) is 0 Å². The van der Waals surface area contributed by atoms with Gasteiger partial charge in [-0.05, 0) is 30.9 Å². The van der Waals surface area contributed by atoms with Crippen LogP contribution in [-0.2, 0) is 0 Å². The normalized spacial score (nSPS) is 17.4. The fraction of sp³-hybridized carbons (Fsp3) is 0.500. The second-order valence-electron chi connectivity index (χ2n) is 4.13. The lowest BCUT2D eigenvalue weighted by Crippen LogP contribution is -2.39. The Bertz CT molecular complexity index is 345. The largest absolute Gasteiger partial charge is 0.396 e. The molecule has 16 heavy (non-hydrogen) atoms. The Kier molecular flexibility index (Phi) is 3.51. The van der Waals surface area contributed by atoms with Gasteiger partial charge in [-0.3, -0.25) is 9.78 Å². The number of amides is 1. The van der Waals surface area contributed by atoms with E-state index in [0.717, 1.165) is 25.9 Å². The highest BCUT2D eigenvalue weighted by molar-refractivity contribution is 5.92. The Morgan fingerprint density at radius 3 is 2.75 bits per heavy atom. The third kappa shape index (κ3) is 2.39. The zero-order valence-electron chi connectivity index (χ0n) is 9.17. The number of carbonyl (C=O) groups is 1. The first-order chi connectivity index (χ1) is 7.81. The maximum absolute atomic E-state index is 12.0. The summed E-state index contributed by atoms with van der Waals surface area (Å²) in [4.78, 5) is 17.9. The summed E-state index contributed by atoms with van der Waals surface area (Å²) in [6.45, 7) is 1.67. The molecule has 1 N–H and O–H groups in total. The number of hydrogen-bond acceptors (Lipinski definition) is 3. The van der Waals surface area contributed by atoms with Crippen molar-refractivity contribution >= 4 is 5.91 Å². The summed E-state index contributed by atoms with van der Waals surface area (Å²) in [5, 5.41) is 9.02. The van der Waals surface area contributed by atoms with Crippen molar-refractivity contribution in [1.29, 1.82) is 0 Å². The third-order valence-electron chi connectivity index (χ3n) is 3.04. The maximum Gasteiger partial charge on any atom is 0.272 e. The van der Waals surface area contributed by atoms with E-state index < -0.39 is 0 Å². The molecule has 0 bridgehead atoms. The van der Waals surface area contributed by atoms with Gasteiger partial charge in [-0.2, -0.15) is 0 Å². The Balaban J connectivity index is 1.97. The lowest BCUT2D eigenvalue weighted by molar-refractivity contribution is 0.0645. The van der Waals surface area contributed by atoms with E-state index in [9.17, 15) is 4.79 Å². The summed E-state index contributed by atoms with van der Waals surface area (Å²) in [6.07, 6.45) is 3.40. The van der Waals surface area contributed by atoms with Crippen LogP contribution in [0.3, 0.4) is 0 Å². The molecule has 1 fully saturated rings. The molecule has 0 aromatic carbocycles. The van der Waals surface area contributed by atoms with Gasteiger partial charge in [0.1, 0.15) is 5.69 Å². The third-order valence-corrected chi connectivity index (χ3v) is 3.04. The van der Waals surface area contributed by atoms with Crippen LogP contribution in [0.1, 0.15) is 23.3 Å². The van der Waals surface area contributed by atoms with Crippen molar-refractivity contribution in [1.82, 2.24) is 9.88 Å². The van der Waals surface area contributed by atoms with Gasteiger partial charge < -0.3 is 10.0 Å². The van der Waals surface area contributed by atoms with Gasteiger partial charge in [0, 0.05) is 25.9 Å². The fourth-order valence-electron chi connectivity index (χ4n) is 1.97. The van der Waals surface area contributed by atoms with Crippen molar-refractivity contribution in [2.45, 2.75) is 12.8 Å². The average molecular weight is 220 g/mol. The molecule has 0 spiro atoms. The minimum Gasteiger partial charge on any atom is -0.396 e. The van der Waals surface area contributed by atoms with Gasteiger partial charge in [0.05, 0.1) is 0 Å². The predicted octanol–water partition coefficient (Wildman–Crippen LogP) is 0.926. The monoisotopic (exact) mass is 220 g/mol. The van der Waals surface area contributed by atoms with Crippen molar-refractivity contribution in [3.8, 4) is 0 Å². The molecule has 0 unspecified atom stereocenters. The van der Waals surface area contributed by atoms with Gasteiger partial charge in [-0.25, -0.2) is 0 Å². The van der Waals surface area contributed by atoms with E-state index >= 15 is 0 Å². The number of aliphatic hydroxyl groups is 1. The van der Waals surface area contributed by atoms with Crippen LogP contribution in [0.15, 0.2) is 24.4 Å². The van der Waals surface area contributed by atoms with Crippen molar-refractivity contribution < 1.29 is 9.90 Å². The first-order valence-electron chi connectivity index (χ1n) is 5.62. The smallest absolute Gasteiger partial charge is 0.272 e. The molecule has 0 radical (unpaired) electrons. The second kappa shape index (κ2) is 5.07. The Hall–Kier alpha value is -1.42.